The van der Waals surface area contributed by atoms with Crippen molar-refractivity contribution in [1.29, 1.82) is 0 Å². The van der Waals surface area contributed by atoms with Crippen molar-refractivity contribution in [3.8, 4) is 11.5 Å². The highest BCUT2D eigenvalue weighted by Gasteiger charge is 2.35. The van der Waals surface area contributed by atoms with Crippen LogP contribution in [0.2, 0.25) is 0 Å². The average Bonchev–Trinajstić information content (AvgIpc) is 2.44. The maximum atomic E-state index is 6.01. The Morgan fingerprint density at radius 1 is 1.32 bits per heavy atom. The van der Waals surface area contributed by atoms with Crippen LogP contribution in [0.1, 0.15) is 30.9 Å². The van der Waals surface area contributed by atoms with Crippen molar-refractivity contribution in [3.63, 3.8) is 0 Å². The molecule has 0 N–H and O–H groups in total. The van der Waals surface area contributed by atoms with E-state index in [0.717, 1.165) is 30.8 Å². The fraction of sp³-hybridized carbons (Fsp3) is 0.600. The zero-order valence-corrected chi connectivity index (χ0v) is 12.5. The molecule has 0 bridgehead atoms. The van der Waals surface area contributed by atoms with Gasteiger partial charge in [0, 0.05) is 11.4 Å². The molecule has 0 aliphatic carbocycles. The summed E-state index contributed by atoms with van der Waals surface area (Å²) in [5.74, 6) is 2.27. The van der Waals surface area contributed by atoms with Gasteiger partial charge < -0.3 is 14.2 Å². The highest BCUT2D eigenvalue weighted by Crippen LogP contribution is 2.43. The molecule has 1 atom stereocenters. The zero-order chi connectivity index (χ0) is 13.9. The molecule has 1 aromatic carbocycles. The highest BCUT2D eigenvalue weighted by molar-refractivity contribution is 6.17. The molecule has 4 heteroatoms. The first-order valence-corrected chi connectivity index (χ1v) is 7.14. The van der Waals surface area contributed by atoms with Crippen LogP contribution in [-0.4, -0.2) is 26.7 Å². The Hall–Kier alpha value is -0.930. The third kappa shape index (κ3) is 2.67. The second-order valence-corrected chi connectivity index (χ2v) is 5.33. The lowest BCUT2D eigenvalue weighted by Crippen LogP contribution is -2.33. The number of rotatable bonds is 5. The van der Waals surface area contributed by atoms with E-state index in [1.54, 1.807) is 14.2 Å². The monoisotopic (exact) mass is 284 g/mol. The predicted octanol–water partition coefficient (Wildman–Crippen LogP) is 3.51. The minimum absolute atomic E-state index is 0.276. The van der Waals surface area contributed by atoms with Gasteiger partial charge in [0.05, 0.1) is 26.4 Å². The smallest absolute Gasteiger partial charge is 0.164 e. The normalized spacial score (nSPS) is 21.9. The number of hydrogen-bond donors (Lipinski definition) is 0. The molecule has 1 aliphatic rings. The summed E-state index contributed by atoms with van der Waals surface area (Å²) in [6.07, 6.45) is 2.71. The van der Waals surface area contributed by atoms with Gasteiger partial charge in [0.1, 0.15) is 0 Å². The van der Waals surface area contributed by atoms with Crippen LogP contribution in [0.5, 0.6) is 11.5 Å². The molecule has 1 aromatic rings. The third-order valence-electron chi connectivity index (χ3n) is 3.78. The van der Waals surface area contributed by atoms with E-state index in [0.29, 0.717) is 12.5 Å². The van der Waals surface area contributed by atoms with E-state index in [9.17, 15) is 0 Å². The van der Waals surface area contributed by atoms with Gasteiger partial charge in [0.15, 0.2) is 11.5 Å². The SMILES string of the molecule is COc1ccc2c(c1OC)CCOC2(C)CCCCl. The Balaban J connectivity index is 2.45. The molecule has 0 amide bonds. The third-order valence-corrected chi connectivity index (χ3v) is 4.05. The van der Waals surface area contributed by atoms with Gasteiger partial charge in [-0.15, -0.1) is 11.6 Å². The molecule has 0 aromatic heterocycles. The second-order valence-electron chi connectivity index (χ2n) is 4.95. The van der Waals surface area contributed by atoms with E-state index in [4.69, 9.17) is 25.8 Å². The maximum absolute atomic E-state index is 6.01. The fourth-order valence-corrected chi connectivity index (χ4v) is 2.94. The van der Waals surface area contributed by atoms with Crippen LogP contribution < -0.4 is 9.47 Å². The van der Waals surface area contributed by atoms with Gasteiger partial charge in [-0.2, -0.15) is 0 Å². The van der Waals surface area contributed by atoms with Crippen LogP contribution in [0.4, 0.5) is 0 Å². The van der Waals surface area contributed by atoms with Crippen molar-refractivity contribution in [1.82, 2.24) is 0 Å². The molecule has 1 heterocycles. The largest absolute Gasteiger partial charge is 0.493 e. The predicted molar refractivity (Wildman–Crippen MR) is 76.5 cm³/mol. The molecule has 19 heavy (non-hydrogen) atoms. The van der Waals surface area contributed by atoms with Gasteiger partial charge in [-0.05, 0) is 37.8 Å². The zero-order valence-electron chi connectivity index (χ0n) is 11.8. The molecule has 1 aliphatic heterocycles. The van der Waals surface area contributed by atoms with Crippen LogP contribution in [0.25, 0.3) is 0 Å². The van der Waals surface area contributed by atoms with E-state index in [1.807, 2.05) is 6.07 Å². The van der Waals surface area contributed by atoms with Crippen molar-refractivity contribution in [2.24, 2.45) is 0 Å². The van der Waals surface area contributed by atoms with E-state index in [1.165, 1.54) is 11.1 Å². The number of methoxy groups -OCH3 is 2. The summed E-state index contributed by atoms with van der Waals surface area (Å²) in [6.45, 7) is 2.83. The molecular formula is C15H21ClO3. The number of ether oxygens (including phenoxy) is 3. The first-order valence-electron chi connectivity index (χ1n) is 6.60. The molecule has 0 saturated heterocycles. The van der Waals surface area contributed by atoms with Gasteiger partial charge in [-0.25, -0.2) is 0 Å². The summed E-state index contributed by atoms with van der Waals surface area (Å²) in [5.41, 5.74) is 2.12. The first kappa shape index (κ1) is 14.5. The summed E-state index contributed by atoms with van der Waals surface area (Å²) < 4.78 is 16.9. The lowest BCUT2D eigenvalue weighted by atomic mass is 9.84. The lowest BCUT2D eigenvalue weighted by molar-refractivity contribution is -0.0530. The molecule has 0 saturated carbocycles. The van der Waals surface area contributed by atoms with Gasteiger partial charge >= 0.3 is 0 Å². The quantitative estimate of drug-likeness (QED) is 0.775. The maximum Gasteiger partial charge on any atom is 0.164 e. The Morgan fingerprint density at radius 2 is 2.11 bits per heavy atom. The Bertz CT molecular complexity index is 447. The minimum atomic E-state index is -0.276. The number of halogens is 1. The van der Waals surface area contributed by atoms with E-state index in [2.05, 4.69) is 13.0 Å². The molecule has 3 nitrogen and oxygen atoms in total. The molecule has 1 unspecified atom stereocenters. The average molecular weight is 285 g/mol. The van der Waals surface area contributed by atoms with Crippen LogP contribution in [-0.2, 0) is 16.8 Å². The van der Waals surface area contributed by atoms with E-state index >= 15 is 0 Å². The molecule has 106 valence electrons. The number of hydrogen-bond acceptors (Lipinski definition) is 3. The van der Waals surface area contributed by atoms with Crippen LogP contribution in [0.15, 0.2) is 12.1 Å². The fourth-order valence-electron chi connectivity index (χ4n) is 2.80. The molecular weight excluding hydrogens is 264 g/mol. The number of benzene rings is 1. The van der Waals surface area contributed by atoms with E-state index < -0.39 is 0 Å². The van der Waals surface area contributed by atoms with E-state index in [-0.39, 0.29) is 5.60 Å². The molecule has 0 fully saturated rings. The van der Waals surface area contributed by atoms with Crippen molar-refractivity contribution in [2.75, 3.05) is 26.7 Å². The summed E-state index contributed by atoms with van der Waals surface area (Å²) in [6, 6.07) is 4.04. The van der Waals surface area contributed by atoms with Crippen molar-refractivity contribution in [2.45, 2.75) is 31.8 Å². The van der Waals surface area contributed by atoms with Gasteiger partial charge in [0.25, 0.3) is 0 Å². The highest BCUT2D eigenvalue weighted by atomic mass is 35.5. The van der Waals surface area contributed by atoms with Crippen LogP contribution in [0, 0.1) is 0 Å². The second kappa shape index (κ2) is 6.02. The van der Waals surface area contributed by atoms with Crippen molar-refractivity contribution >= 4 is 11.6 Å². The Labute approximate surface area is 119 Å². The molecule has 0 spiro atoms. The van der Waals surface area contributed by atoms with Gasteiger partial charge in [-0.1, -0.05) is 6.07 Å². The van der Waals surface area contributed by atoms with Gasteiger partial charge in [0.2, 0.25) is 0 Å². The summed E-state index contributed by atoms with van der Waals surface area (Å²) in [4.78, 5) is 0. The minimum Gasteiger partial charge on any atom is -0.493 e. The molecule has 0 radical (unpaired) electrons. The summed E-state index contributed by atoms with van der Waals surface area (Å²) in [5, 5.41) is 0. The van der Waals surface area contributed by atoms with Crippen LogP contribution >= 0.6 is 11.6 Å². The molecule has 2 rings (SSSR count). The summed E-state index contributed by atoms with van der Waals surface area (Å²) >= 11 is 5.82. The van der Waals surface area contributed by atoms with Crippen molar-refractivity contribution in [3.05, 3.63) is 23.3 Å². The number of alkyl halides is 1. The topological polar surface area (TPSA) is 27.7 Å². The Kier molecular flexibility index (Phi) is 4.58. The standard InChI is InChI=1S/C15H21ClO3/c1-15(8-4-9-16)12-5-6-13(17-2)14(18-3)11(12)7-10-19-15/h5-6H,4,7-10H2,1-3H3. The lowest BCUT2D eigenvalue weighted by Gasteiger charge is -2.37. The summed E-state index contributed by atoms with van der Waals surface area (Å²) in [7, 11) is 3.35. The first-order chi connectivity index (χ1) is 9.16. The van der Waals surface area contributed by atoms with Crippen molar-refractivity contribution < 1.29 is 14.2 Å². The van der Waals surface area contributed by atoms with Crippen LogP contribution in [0.3, 0.4) is 0 Å². The number of fused-ring (bicyclic) bond motifs is 1. The Morgan fingerprint density at radius 3 is 2.74 bits per heavy atom. The van der Waals surface area contributed by atoms with Gasteiger partial charge in [-0.3, -0.25) is 0 Å².